The molecule has 0 unspecified atom stereocenters. The van der Waals surface area contributed by atoms with Crippen molar-refractivity contribution in [3.8, 4) is 5.75 Å². The molecule has 19 heavy (non-hydrogen) atoms. The van der Waals surface area contributed by atoms with E-state index in [-0.39, 0.29) is 5.91 Å². The lowest BCUT2D eigenvalue weighted by Crippen LogP contribution is -2.12. The predicted octanol–water partition coefficient (Wildman–Crippen LogP) is 2.08. The van der Waals surface area contributed by atoms with Gasteiger partial charge < -0.3 is 10.5 Å². The summed E-state index contributed by atoms with van der Waals surface area (Å²) in [5, 5.41) is 11.6. The average molecular weight is 278 g/mol. The molecule has 100 valence electrons. The highest BCUT2D eigenvalue weighted by molar-refractivity contribution is 7.15. The van der Waals surface area contributed by atoms with Gasteiger partial charge in [-0.1, -0.05) is 11.3 Å². The predicted molar refractivity (Wildman–Crippen MR) is 74.6 cm³/mol. The number of aryl methyl sites for hydroxylation is 1. The van der Waals surface area contributed by atoms with Gasteiger partial charge in [0.15, 0.2) is 0 Å². The second kappa shape index (κ2) is 5.66. The minimum absolute atomic E-state index is 0.272. The minimum Gasteiger partial charge on any atom is -0.492 e. The van der Waals surface area contributed by atoms with E-state index in [1.165, 1.54) is 11.3 Å². The number of aromatic nitrogens is 2. The second-order valence-electron chi connectivity index (χ2n) is 3.77. The van der Waals surface area contributed by atoms with Crippen molar-refractivity contribution in [3.63, 3.8) is 0 Å². The van der Waals surface area contributed by atoms with Gasteiger partial charge in [-0.3, -0.25) is 10.1 Å². The maximum Gasteiger partial charge on any atom is 0.257 e. The van der Waals surface area contributed by atoms with E-state index in [2.05, 4.69) is 15.5 Å². The molecule has 0 aliphatic carbocycles. The van der Waals surface area contributed by atoms with E-state index < -0.39 is 0 Å². The van der Waals surface area contributed by atoms with Gasteiger partial charge in [-0.25, -0.2) is 0 Å². The monoisotopic (exact) mass is 278 g/mol. The Labute approximate surface area is 114 Å². The van der Waals surface area contributed by atoms with Crippen LogP contribution in [0.5, 0.6) is 5.75 Å². The maximum absolute atomic E-state index is 12.0. The van der Waals surface area contributed by atoms with Gasteiger partial charge in [-0.05, 0) is 32.0 Å². The molecule has 0 saturated carbocycles. The Balaban J connectivity index is 2.13. The lowest BCUT2D eigenvalue weighted by molar-refractivity contribution is 0.102. The van der Waals surface area contributed by atoms with Gasteiger partial charge in [-0.15, -0.1) is 10.2 Å². The van der Waals surface area contributed by atoms with Crippen LogP contribution in [0, 0.1) is 6.92 Å². The molecule has 0 radical (unpaired) electrons. The first-order valence-corrected chi connectivity index (χ1v) is 6.55. The third-order valence-electron chi connectivity index (χ3n) is 2.32. The third kappa shape index (κ3) is 3.19. The number of rotatable bonds is 4. The van der Waals surface area contributed by atoms with Crippen molar-refractivity contribution in [2.75, 3.05) is 17.7 Å². The number of amides is 1. The fraction of sp³-hybridized carbons (Fsp3) is 0.250. The number of nitrogens with one attached hydrogen (secondary N) is 1. The van der Waals surface area contributed by atoms with E-state index >= 15 is 0 Å². The summed E-state index contributed by atoms with van der Waals surface area (Å²) in [6.07, 6.45) is 0. The van der Waals surface area contributed by atoms with Crippen LogP contribution < -0.4 is 15.8 Å². The fourth-order valence-electron chi connectivity index (χ4n) is 1.49. The highest BCUT2D eigenvalue weighted by atomic mass is 32.1. The van der Waals surface area contributed by atoms with Crippen molar-refractivity contribution in [3.05, 3.63) is 28.8 Å². The first-order chi connectivity index (χ1) is 9.10. The highest BCUT2D eigenvalue weighted by Gasteiger charge is 2.11. The van der Waals surface area contributed by atoms with E-state index in [4.69, 9.17) is 10.5 Å². The number of nitrogen functional groups attached to an aromatic ring is 1. The Morgan fingerprint density at radius 2 is 2.26 bits per heavy atom. The summed E-state index contributed by atoms with van der Waals surface area (Å²) in [6, 6.07) is 4.91. The van der Waals surface area contributed by atoms with Crippen LogP contribution in [0.25, 0.3) is 0 Å². The summed E-state index contributed by atoms with van der Waals surface area (Å²) in [5.41, 5.74) is 6.70. The van der Waals surface area contributed by atoms with Crippen LogP contribution >= 0.6 is 11.3 Å². The Morgan fingerprint density at radius 3 is 2.84 bits per heavy atom. The smallest absolute Gasteiger partial charge is 0.257 e. The van der Waals surface area contributed by atoms with Crippen LogP contribution in [-0.2, 0) is 0 Å². The van der Waals surface area contributed by atoms with Gasteiger partial charge in [0.1, 0.15) is 10.8 Å². The van der Waals surface area contributed by atoms with Gasteiger partial charge in [0.25, 0.3) is 5.91 Å². The molecule has 1 heterocycles. The van der Waals surface area contributed by atoms with Gasteiger partial charge in [0.2, 0.25) is 5.13 Å². The lowest BCUT2D eigenvalue weighted by atomic mass is 10.2. The van der Waals surface area contributed by atoms with Crippen LogP contribution in [0.4, 0.5) is 10.8 Å². The zero-order valence-electron chi connectivity index (χ0n) is 10.6. The Hall–Kier alpha value is -2.15. The molecule has 3 N–H and O–H groups in total. The summed E-state index contributed by atoms with van der Waals surface area (Å²) < 4.78 is 5.32. The molecule has 0 spiro atoms. The molecular formula is C12H14N4O2S. The quantitative estimate of drug-likeness (QED) is 0.836. The second-order valence-corrected chi connectivity index (χ2v) is 4.95. The normalized spacial score (nSPS) is 10.2. The molecule has 0 bridgehead atoms. The van der Waals surface area contributed by atoms with E-state index in [9.17, 15) is 4.79 Å². The number of anilines is 2. The van der Waals surface area contributed by atoms with Crippen molar-refractivity contribution < 1.29 is 9.53 Å². The molecule has 0 saturated heterocycles. The third-order valence-corrected chi connectivity index (χ3v) is 3.07. The molecule has 0 aliphatic heterocycles. The zero-order valence-corrected chi connectivity index (χ0v) is 11.5. The van der Waals surface area contributed by atoms with E-state index in [0.29, 0.717) is 28.7 Å². The van der Waals surface area contributed by atoms with Crippen molar-refractivity contribution in [1.82, 2.24) is 10.2 Å². The summed E-state index contributed by atoms with van der Waals surface area (Å²) in [7, 11) is 0. The summed E-state index contributed by atoms with van der Waals surface area (Å²) in [4.78, 5) is 12.0. The van der Waals surface area contributed by atoms with E-state index in [0.717, 1.165) is 5.01 Å². The maximum atomic E-state index is 12.0. The lowest BCUT2D eigenvalue weighted by Gasteiger charge is -2.08. The minimum atomic E-state index is -0.272. The summed E-state index contributed by atoms with van der Waals surface area (Å²) >= 11 is 1.32. The number of carbonyl (C=O) groups excluding carboxylic acids is 1. The average Bonchev–Trinajstić information content (AvgIpc) is 2.77. The molecule has 6 nitrogen and oxygen atoms in total. The number of benzene rings is 1. The van der Waals surface area contributed by atoms with Crippen molar-refractivity contribution >= 4 is 28.1 Å². The molecular weight excluding hydrogens is 264 g/mol. The zero-order chi connectivity index (χ0) is 13.8. The number of nitrogens with zero attached hydrogens (tertiary/aromatic N) is 2. The number of nitrogens with two attached hydrogens (primary N) is 1. The Bertz CT molecular complexity index is 597. The van der Waals surface area contributed by atoms with Crippen LogP contribution in [0.2, 0.25) is 0 Å². The summed E-state index contributed by atoms with van der Waals surface area (Å²) in [5.74, 6) is 0.303. The van der Waals surface area contributed by atoms with Crippen molar-refractivity contribution in [2.45, 2.75) is 13.8 Å². The first-order valence-electron chi connectivity index (χ1n) is 5.74. The molecule has 1 aromatic carbocycles. The molecule has 1 aromatic heterocycles. The largest absolute Gasteiger partial charge is 0.492 e. The molecule has 0 aliphatic rings. The van der Waals surface area contributed by atoms with Crippen LogP contribution in [0.15, 0.2) is 18.2 Å². The van der Waals surface area contributed by atoms with Crippen LogP contribution in [-0.4, -0.2) is 22.7 Å². The Morgan fingerprint density at radius 1 is 1.47 bits per heavy atom. The number of hydrogen-bond donors (Lipinski definition) is 2. The topological polar surface area (TPSA) is 90.1 Å². The number of carbonyl (C=O) groups is 1. The molecule has 0 atom stereocenters. The van der Waals surface area contributed by atoms with Gasteiger partial charge in [0, 0.05) is 5.56 Å². The summed E-state index contributed by atoms with van der Waals surface area (Å²) in [6.45, 7) is 4.22. The van der Waals surface area contributed by atoms with E-state index in [1.807, 2.05) is 13.8 Å². The fourth-order valence-corrected chi connectivity index (χ4v) is 2.08. The molecule has 2 aromatic rings. The standard InChI is InChI=1S/C12H14N4O2S/c1-3-18-10-5-4-8(6-9(10)13)11(17)14-12-16-15-7(2)19-12/h4-6H,3,13H2,1-2H3,(H,14,16,17). The number of ether oxygens (including phenoxy) is 1. The van der Waals surface area contributed by atoms with E-state index in [1.54, 1.807) is 18.2 Å². The van der Waals surface area contributed by atoms with Crippen molar-refractivity contribution in [1.29, 1.82) is 0 Å². The molecule has 0 fully saturated rings. The molecule has 1 amide bonds. The first kappa shape index (κ1) is 13.3. The number of hydrogen-bond acceptors (Lipinski definition) is 6. The van der Waals surface area contributed by atoms with Gasteiger partial charge in [-0.2, -0.15) is 0 Å². The van der Waals surface area contributed by atoms with Crippen LogP contribution in [0.3, 0.4) is 0 Å². The van der Waals surface area contributed by atoms with Crippen LogP contribution in [0.1, 0.15) is 22.3 Å². The van der Waals surface area contributed by atoms with Gasteiger partial charge in [0.05, 0.1) is 12.3 Å². The SMILES string of the molecule is CCOc1ccc(C(=O)Nc2nnc(C)s2)cc1N. The van der Waals surface area contributed by atoms with Crippen molar-refractivity contribution in [2.24, 2.45) is 0 Å². The Kier molecular flexibility index (Phi) is 3.96. The van der Waals surface area contributed by atoms with Gasteiger partial charge >= 0.3 is 0 Å². The highest BCUT2D eigenvalue weighted by Crippen LogP contribution is 2.23. The molecule has 7 heteroatoms. The molecule has 2 rings (SSSR count).